The highest BCUT2D eigenvalue weighted by atomic mass is 79.9. The molecule has 0 radical (unpaired) electrons. The van der Waals surface area contributed by atoms with Crippen LogP contribution in [0.3, 0.4) is 0 Å². The monoisotopic (exact) mass is 322 g/mol. The molecule has 0 aromatic carbocycles. The van der Waals surface area contributed by atoms with Gasteiger partial charge < -0.3 is 4.90 Å². The molecular formula is C13H15BrN4O. The van der Waals surface area contributed by atoms with Crippen LogP contribution in [0, 0.1) is 11.3 Å². The van der Waals surface area contributed by atoms with Gasteiger partial charge in [0, 0.05) is 43.0 Å². The first-order valence-corrected chi connectivity index (χ1v) is 6.94. The predicted molar refractivity (Wildman–Crippen MR) is 74.5 cm³/mol. The molecule has 2 heterocycles. The van der Waals surface area contributed by atoms with E-state index in [1.54, 1.807) is 18.5 Å². The van der Waals surface area contributed by atoms with E-state index in [9.17, 15) is 4.79 Å². The van der Waals surface area contributed by atoms with Crippen molar-refractivity contribution in [1.82, 2.24) is 14.8 Å². The van der Waals surface area contributed by atoms with E-state index in [1.807, 2.05) is 11.8 Å². The van der Waals surface area contributed by atoms with E-state index in [-0.39, 0.29) is 11.9 Å². The molecular weight excluding hydrogens is 308 g/mol. The van der Waals surface area contributed by atoms with E-state index in [0.29, 0.717) is 18.7 Å². The first-order valence-electron chi connectivity index (χ1n) is 6.15. The molecule has 2 rings (SSSR count). The standard InChI is InChI=1S/C13H15BrN4O/c1-10(7-15)17-2-4-18(5-3-17)13(19)11-6-12(14)9-16-8-11/h6,8-10H,2-5H2,1H3. The molecule has 1 aromatic rings. The lowest BCUT2D eigenvalue weighted by Gasteiger charge is -2.35. The molecule has 0 saturated carbocycles. The van der Waals surface area contributed by atoms with Gasteiger partial charge in [-0.05, 0) is 28.9 Å². The molecule has 0 N–H and O–H groups in total. The van der Waals surface area contributed by atoms with Crippen LogP contribution in [0.2, 0.25) is 0 Å². The van der Waals surface area contributed by atoms with Crippen LogP contribution >= 0.6 is 15.9 Å². The van der Waals surface area contributed by atoms with Gasteiger partial charge in [-0.2, -0.15) is 5.26 Å². The third-order valence-electron chi connectivity index (χ3n) is 3.29. The Morgan fingerprint density at radius 1 is 1.42 bits per heavy atom. The summed E-state index contributed by atoms with van der Waals surface area (Å²) in [6.07, 6.45) is 3.24. The maximum absolute atomic E-state index is 12.3. The summed E-state index contributed by atoms with van der Waals surface area (Å²) >= 11 is 3.31. The zero-order valence-electron chi connectivity index (χ0n) is 10.7. The van der Waals surface area contributed by atoms with Crippen LogP contribution in [-0.2, 0) is 0 Å². The summed E-state index contributed by atoms with van der Waals surface area (Å²) in [5.41, 5.74) is 0.594. The number of piperazine rings is 1. The summed E-state index contributed by atoms with van der Waals surface area (Å²) in [5, 5.41) is 8.88. The number of halogens is 1. The third-order valence-corrected chi connectivity index (χ3v) is 3.72. The van der Waals surface area contributed by atoms with Crippen LogP contribution in [0.25, 0.3) is 0 Å². The molecule has 1 fully saturated rings. The van der Waals surface area contributed by atoms with E-state index in [2.05, 4.69) is 31.9 Å². The van der Waals surface area contributed by atoms with Gasteiger partial charge >= 0.3 is 0 Å². The quantitative estimate of drug-likeness (QED) is 0.828. The van der Waals surface area contributed by atoms with Crippen LogP contribution in [0.1, 0.15) is 17.3 Å². The van der Waals surface area contributed by atoms with Gasteiger partial charge in [-0.15, -0.1) is 0 Å². The van der Waals surface area contributed by atoms with Crippen LogP contribution < -0.4 is 0 Å². The molecule has 1 saturated heterocycles. The Bertz CT molecular complexity index is 506. The van der Waals surface area contributed by atoms with Crippen LogP contribution in [0.5, 0.6) is 0 Å². The number of amides is 1. The van der Waals surface area contributed by atoms with E-state index in [1.165, 1.54) is 0 Å². The molecule has 1 amide bonds. The Morgan fingerprint density at radius 3 is 2.68 bits per heavy atom. The minimum absolute atomic E-state index is 0.00180. The molecule has 5 nitrogen and oxygen atoms in total. The van der Waals surface area contributed by atoms with E-state index in [4.69, 9.17) is 5.26 Å². The highest BCUT2D eigenvalue weighted by molar-refractivity contribution is 9.10. The highest BCUT2D eigenvalue weighted by Crippen LogP contribution is 2.13. The Labute approximate surface area is 121 Å². The Balaban J connectivity index is 1.98. The number of hydrogen-bond donors (Lipinski definition) is 0. The van der Waals surface area contributed by atoms with Crippen molar-refractivity contribution in [2.45, 2.75) is 13.0 Å². The van der Waals surface area contributed by atoms with Crippen molar-refractivity contribution in [3.63, 3.8) is 0 Å². The Morgan fingerprint density at radius 2 is 2.11 bits per heavy atom. The van der Waals surface area contributed by atoms with Gasteiger partial charge in [0.05, 0.1) is 17.7 Å². The number of nitrogens with zero attached hydrogens (tertiary/aromatic N) is 4. The first kappa shape index (κ1) is 14.0. The molecule has 1 aromatic heterocycles. The van der Waals surface area contributed by atoms with Crippen molar-refractivity contribution in [3.8, 4) is 6.07 Å². The normalized spacial score (nSPS) is 17.8. The topological polar surface area (TPSA) is 60.2 Å². The molecule has 19 heavy (non-hydrogen) atoms. The maximum Gasteiger partial charge on any atom is 0.255 e. The summed E-state index contributed by atoms with van der Waals surface area (Å²) in [4.78, 5) is 20.2. The zero-order valence-corrected chi connectivity index (χ0v) is 12.3. The summed E-state index contributed by atoms with van der Waals surface area (Å²) in [6, 6.07) is 3.91. The second-order valence-electron chi connectivity index (χ2n) is 4.53. The first-order chi connectivity index (χ1) is 9.11. The average Bonchev–Trinajstić information content (AvgIpc) is 2.46. The SMILES string of the molecule is CC(C#N)N1CCN(C(=O)c2cncc(Br)c2)CC1. The number of carbonyl (C=O) groups excluding carboxylic acids is 1. The van der Waals surface area contributed by atoms with Crippen molar-refractivity contribution in [1.29, 1.82) is 5.26 Å². The fraction of sp³-hybridized carbons (Fsp3) is 0.462. The van der Waals surface area contributed by atoms with Crippen LogP contribution in [0.4, 0.5) is 0 Å². The molecule has 0 bridgehead atoms. The molecule has 1 aliphatic rings. The minimum Gasteiger partial charge on any atom is -0.336 e. The van der Waals surface area contributed by atoms with Crippen molar-refractivity contribution in [3.05, 3.63) is 28.5 Å². The van der Waals surface area contributed by atoms with Gasteiger partial charge in [-0.25, -0.2) is 0 Å². The van der Waals surface area contributed by atoms with Gasteiger partial charge in [0.15, 0.2) is 0 Å². The second-order valence-corrected chi connectivity index (χ2v) is 5.44. The fourth-order valence-electron chi connectivity index (χ4n) is 2.11. The Kier molecular flexibility index (Phi) is 4.51. The largest absolute Gasteiger partial charge is 0.336 e. The van der Waals surface area contributed by atoms with E-state index < -0.39 is 0 Å². The Hall–Kier alpha value is -1.45. The van der Waals surface area contributed by atoms with Crippen molar-refractivity contribution >= 4 is 21.8 Å². The zero-order chi connectivity index (χ0) is 13.8. The number of nitriles is 1. The molecule has 0 spiro atoms. The van der Waals surface area contributed by atoms with Crippen molar-refractivity contribution in [2.24, 2.45) is 0 Å². The van der Waals surface area contributed by atoms with E-state index >= 15 is 0 Å². The van der Waals surface area contributed by atoms with Crippen molar-refractivity contribution < 1.29 is 4.79 Å². The highest BCUT2D eigenvalue weighted by Gasteiger charge is 2.24. The number of aromatic nitrogens is 1. The number of hydrogen-bond acceptors (Lipinski definition) is 4. The summed E-state index contributed by atoms with van der Waals surface area (Å²) in [5.74, 6) is -0.00180. The summed E-state index contributed by atoms with van der Waals surface area (Å²) in [7, 11) is 0. The summed E-state index contributed by atoms with van der Waals surface area (Å²) < 4.78 is 0.801. The maximum atomic E-state index is 12.3. The van der Waals surface area contributed by atoms with Crippen molar-refractivity contribution in [2.75, 3.05) is 26.2 Å². The summed E-state index contributed by atoms with van der Waals surface area (Å²) in [6.45, 7) is 4.66. The van der Waals surface area contributed by atoms with Gasteiger partial charge in [-0.1, -0.05) is 0 Å². The number of pyridine rings is 1. The fourth-order valence-corrected chi connectivity index (χ4v) is 2.47. The minimum atomic E-state index is -0.0928. The molecule has 0 aliphatic carbocycles. The third kappa shape index (κ3) is 3.31. The lowest BCUT2D eigenvalue weighted by molar-refractivity contribution is 0.0615. The molecule has 100 valence electrons. The number of rotatable bonds is 2. The van der Waals surface area contributed by atoms with E-state index in [0.717, 1.165) is 17.6 Å². The average molecular weight is 323 g/mol. The smallest absolute Gasteiger partial charge is 0.255 e. The second kappa shape index (κ2) is 6.13. The predicted octanol–water partition coefficient (Wildman–Crippen LogP) is 1.51. The van der Waals surface area contributed by atoms with Gasteiger partial charge in [-0.3, -0.25) is 14.7 Å². The van der Waals surface area contributed by atoms with Crippen LogP contribution in [0.15, 0.2) is 22.9 Å². The number of carbonyl (C=O) groups is 1. The van der Waals surface area contributed by atoms with Crippen LogP contribution in [-0.4, -0.2) is 52.9 Å². The molecule has 1 unspecified atom stereocenters. The molecule has 6 heteroatoms. The molecule has 1 atom stereocenters. The lowest BCUT2D eigenvalue weighted by atomic mass is 10.2. The molecule has 1 aliphatic heterocycles. The van der Waals surface area contributed by atoms with Gasteiger partial charge in [0.1, 0.15) is 0 Å². The van der Waals surface area contributed by atoms with Gasteiger partial charge in [0.2, 0.25) is 0 Å². The lowest BCUT2D eigenvalue weighted by Crippen LogP contribution is -2.51. The van der Waals surface area contributed by atoms with Gasteiger partial charge in [0.25, 0.3) is 5.91 Å².